The van der Waals surface area contributed by atoms with Gasteiger partial charge in [0.2, 0.25) is 11.8 Å². The molecule has 1 atom stereocenters. The summed E-state index contributed by atoms with van der Waals surface area (Å²) < 4.78 is 25.1. The van der Waals surface area contributed by atoms with Crippen LogP contribution in [0.1, 0.15) is 12.8 Å². The Morgan fingerprint density at radius 2 is 1.84 bits per heavy atom. The van der Waals surface area contributed by atoms with Crippen molar-refractivity contribution in [2.75, 3.05) is 5.75 Å². The molecule has 0 bridgehead atoms. The Morgan fingerprint density at radius 1 is 1.21 bits per heavy atom. The number of imide groups is 1. The van der Waals surface area contributed by atoms with E-state index in [0.717, 1.165) is 4.47 Å². The molecule has 102 valence electrons. The first-order valence-corrected chi connectivity index (χ1v) is 8.15. The van der Waals surface area contributed by atoms with Crippen LogP contribution in [-0.4, -0.2) is 26.0 Å². The van der Waals surface area contributed by atoms with Crippen LogP contribution in [0, 0.1) is 5.92 Å². The molecule has 0 aliphatic carbocycles. The first-order chi connectivity index (χ1) is 8.88. The molecular formula is C12H12BrNO4S. The lowest BCUT2D eigenvalue weighted by molar-refractivity contribution is -0.135. The zero-order valence-corrected chi connectivity index (χ0v) is 12.3. The number of rotatable bonds is 3. The third kappa shape index (κ3) is 3.42. The van der Waals surface area contributed by atoms with Crippen molar-refractivity contribution in [3.63, 3.8) is 0 Å². The second-order valence-electron chi connectivity index (χ2n) is 4.38. The van der Waals surface area contributed by atoms with Crippen molar-refractivity contribution in [1.29, 1.82) is 0 Å². The second-order valence-corrected chi connectivity index (χ2v) is 7.33. The predicted molar refractivity (Wildman–Crippen MR) is 72.1 cm³/mol. The van der Waals surface area contributed by atoms with Gasteiger partial charge in [0.05, 0.1) is 16.6 Å². The Balaban J connectivity index is 2.15. The summed E-state index contributed by atoms with van der Waals surface area (Å²) in [6.45, 7) is 0. The van der Waals surface area contributed by atoms with Gasteiger partial charge in [-0.05, 0) is 30.7 Å². The molecule has 0 radical (unpaired) electrons. The van der Waals surface area contributed by atoms with Gasteiger partial charge in [0.1, 0.15) is 0 Å². The highest BCUT2D eigenvalue weighted by molar-refractivity contribution is 9.10. The molecule has 1 aromatic carbocycles. The van der Waals surface area contributed by atoms with Crippen molar-refractivity contribution >= 4 is 37.6 Å². The van der Waals surface area contributed by atoms with Gasteiger partial charge in [0, 0.05) is 10.9 Å². The molecule has 2 rings (SSSR count). The number of nitrogens with one attached hydrogen (secondary N) is 1. The molecule has 7 heteroatoms. The van der Waals surface area contributed by atoms with Gasteiger partial charge in [0.15, 0.2) is 9.84 Å². The molecule has 1 aliphatic heterocycles. The van der Waals surface area contributed by atoms with Gasteiger partial charge >= 0.3 is 0 Å². The summed E-state index contributed by atoms with van der Waals surface area (Å²) >= 11 is 3.23. The second kappa shape index (κ2) is 5.42. The Bertz CT molecular complexity index is 609. The van der Waals surface area contributed by atoms with Crippen molar-refractivity contribution in [2.24, 2.45) is 5.92 Å². The highest BCUT2D eigenvalue weighted by Crippen LogP contribution is 2.21. The normalized spacial score (nSPS) is 20.2. The topological polar surface area (TPSA) is 80.3 Å². The molecule has 1 unspecified atom stereocenters. The highest BCUT2D eigenvalue weighted by atomic mass is 79.9. The number of carbonyl (C=O) groups is 2. The van der Waals surface area contributed by atoms with E-state index in [0.29, 0.717) is 0 Å². The maximum atomic E-state index is 12.2. The minimum Gasteiger partial charge on any atom is -0.296 e. The number of hydrogen-bond donors (Lipinski definition) is 1. The zero-order chi connectivity index (χ0) is 14.0. The molecular weight excluding hydrogens is 334 g/mol. The van der Waals surface area contributed by atoms with Gasteiger partial charge in [-0.3, -0.25) is 14.9 Å². The number of sulfone groups is 1. The van der Waals surface area contributed by atoms with Gasteiger partial charge < -0.3 is 0 Å². The Kier molecular flexibility index (Phi) is 4.05. The Morgan fingerprint density at radius 3 is 2.42 bits per heavy atom. The molecule has 0 saturated carbocycles. The fourth-order valence-electron chi connectivity index (χ4n) is 1.90. The molecule has 5 nitrogen and oxygen atoms in total. The molecule has 1 aliphatic rings. The minimum atomic E-state index is -3.52. The molecule has 1 saturated heterocycles. The predicted octanol–water partition coefficient (Wildman–Crippen LogP) is 1.28. The summed E-state index contributed by atoms with van der Waals surface area (Å²) in [4.78, 5) is 22.8. The van der Waals surface area contributed by atoms with E-state index in [1.165, 1.54) is 12.1 Å². The van der Waals surface area contributed by atoms with Crippen LogP contribution >= 0.6 is 15.9 Å². The minimum absolute atomic E-state index is 0.181. The quantitative estimate of drug-likeness (QED) is 0.836. The van der Waals surface area contributed by atoms with Crippen LogP contribution in [0.15, 0.2) is 33.6 Å². The van der Waals surface area contributed by atoms with E-state index in [-0.39, 0.29) is 29.4 Å². The summed E-state index contributed by atoms with van der Waals surface area (Å²) in [5.74, 6) is -1.78. The smallest absolute Gasteiger partial charge is 0.230 e. The molecule has 1 N–H and O–H groups in total. The van der Waals surface area contributed by atoms with E-state index >= 15 is 0 Å². The van der Waals surface area contributed by atoms with Crippen LogP contribution in [0.25, 0.3) is 0 Å². The molecule has 19 heavy (non-hydrogen) atoms. The van der Waals surface area contributed by atoms with E-state index < -0.39 is 21.7 Å². The van der Waals surface area contributed by atoms with Gasteiger partial charge in [-0.15, -0.1) is 0 Å². The van der Waals surface area contributed by atoms with Crippen LogP contribution in [0.4, 0.5) is 0 Å². The van der Waals surface area contributed by atoms with Crippen molar-refractivity contribution < 1.29 is 18.0 Å². The summed E-state index contributed by atoms with van der Waals surface area (Å²) in [7, 11) is -3.52. The van der Waals surface area contributed by atoms with E-state index in [1.807, 2.05) is 0 Å². The molecule has 0 aromatic heterocycles. The summed E-state index contributed by atoms with van der Waals surface area (Å²) in [6, 6.07) is 6.26. The fourth-order valence-corrected chi connectivity index (χ4v) is 3.76. The zero-order valence-electron chi connectivity index (χ0n) is 9.93. The number of benzene rings is 1. The van der Waals surface area contributed by atoms with Crippen LogP contribution in [0.2, 0.25) is 0 Å². The van der Waals surface area contributed by atoms with Crippen LogP contribution in [0.5, 0.6) is 0 Å². The lowest BCUT2D eigenvalue weighted by atomic mass is 10.0. The summed E-state index contributed by atoms with van der Waals surface area (Å²) in [5, 5.41) is 2.16. The highest BCUT2D eigenvalue weighted by Gasteiger charge is 2.31. The standard InChI is InChI=1S/C12H12BrNO4S/c13-9-2-4-10(5-3-9)19(17,18)7-8-1-6-11(15)14-12(8)16/h2-5,8H,1,6-7H2,(H,14,15,16). The largest absolute Gasteiger partial charge is 0.296 e. The van der Waals surface area contributed by atoms with Crippen molar-refractivity contribution in [3.8, 4) is 0 Å². The molecule has 1 heterocycles. The van der Waals surface area contributed by atoms with Crippen molar-refractivity contribution in [3.05, 3.63) is 28.7 Å². The van der Waals surface area contributed by atoms with E-state index in [2.05, 4.69) is 21.2 Å². The molecule has 1 fully saturated rings. The Labute approximate surface area is 119 Å². The number of piperidine rings is 1. The van der Waals surface area contributed by atoms with Crippen molar-refractivity contribution in [1.82, 2.24) is 5.32 Å². The Hall–Kier alpha value is -1.21. The SMILES string of the molecule is O=C1CCC(CS(=O)(=O)c2ccc(Br)cc2)C(=O)N1. The third-order valence-electron chi connectivity index (χ3n) is 2.95. The maximum absolute atomic E-state index is 12.2. The number of carbonyl (C=O) groups excluding carboxylic acids is 2. The summed E-state index contributed by atoms with van der Waals surface area (Å²) in [5.41, 5.74) is 0. The number of halogens is 1. The molecule has 2 amide bonds. The first-order valence-electron chi connectivity index (χ1n) is 5.70. The van der Waals surface area contributed by atoms with Gasteiger partial charge in [-0.25, -0.2) is 8.42 Å². The average molecular weight is 346 g/mol. The van der Waals surface area contributed by atoms with Crippen LogP contribution in [-0.2, 0) is 19.4 Å². The van der Waals surface area contributed by atoms with E-state index in [9.17, 15) is 18.0 Å². The first kappa shape index (κ1) is 14.2. The van der Waals surface area contributed by atoms with Gasteiger partial charge in [-0.2, -0.15) is 0 Å². The van der Waals surface area contributed by atoms with Gasteiger partial charge in [0.25, 0.3) is 0 Å². The third-order valence-corrected chi connectivity index (χ3v) is 5.31. The number of amides is 2. The number of hydrogen-bond acceptors (Lipinski definition) is 4. The fraction of sp³-hybridized carbons (Fsp3) is 0.333. The molecule has 1 aromatic rings. The monoisotopic (exact) mass is 345 g/mol. The summed E-state index contributed by atoms with van der Waals surface area (Å²) in [6.07, 6.45) is 0.465. The van der Waals surface area contributed by atoms with E-state index in [1.54, 1.807) is 12.1 Å². The van der Waals surface area contributed by atoms with Crippen molar-refractivity contribution in [2.45, 2.75) is 17.7 Å². The van der Waals surface area contributed by atoms with Gasteiger partial charge in [-0.1, -0.05) is 15.9 Å². The lowest BCUT2D eigenvalue weighted by Gasteiger charge is -2.20. The van der Waals surface area contributed by atoms with Crippen LogP contribution in [0.3, 0.4) is 0 Å². The van der Waals surface area contributed by atoms with Crippen LogP contribution < -0.4 is 5.32 Å². The molecule has 0 spiro atoms. The lowest BCUT2D eigenvalue weighted by Crippen LogP contribution is -2.43. The maximum Gasteiger partial charge on any atom is 0.230 e. The van der Waals surface area contributed by atoms with E-state index in [4.69, 9.17) is 0 Å². The average Bonchev–Trinajstić information content (AvgIpc) is 2.33.